The van der Waals surface area contributed by atoms with Crippen LogP contribution in [0.2, 0.25) is 0 Å². The molecule has 0 fully saturated rings. The molecule has 0 aromatic carbocycles. The van der Waals surface area contributed by atoms with Gasteiger partial charge in [0.2, 0.25) is 0 Å². The fourth-order valence-electron chi connectivity index (χ4n) is 0.805. The van der Waals surface area contributed by atoms with E-state index in [1.54, 1.807) is 11.8 Å². The van der Waals surface area contributed by atoms with Gasteiger partial charge in [0.25, 0.3) is 0 Å². The van der Waals surface area contributed by atoms with Gasteiger partial charge in [-0.2, -0.15) is 24.9 Å². The average molecular weight is 216 g/mol. The van der Waals surface area contributed by atoms with E-state index >= 15 is 0 Å². The minimum absolute atomic E-state index is 0.188. The predicted octanol–water partition coefficient (Wildman–Crippen LogP) is 3.10. The molecule has 5 heteroatoms. The molecular weight excluding hydrogens is 201 g/mol. The van der Waals surface area contributed by atoms with Crippen LogP contribution < -0.4 is 0 Å². The summed E-state index contributed by atoms with van der Waals surface area (Å²) in [6, 6.07) is 0. The lowest BCUT2D eigenvalue weighted by atomic mass is 10.3. The lowest BCUT2D eigenvalue weighted by molar-refractivity contribution is -0.173. The monoisotopic (exact) mass is 216 g/mol. The minimum Gasteiger partial charge on any atom is -0.372 e. The van der Waals surface area contributed by atoms with Crippen molar-refractivity contribution in [1.29, 1.82) is 0 Å². The maximum absolute atomic E-state index is 11.6. The fraction of sp³-hybridized carbons (Fsp3) is 1.00. The molecule has 1 nitrogen and oxygen atoms in total. The van der Waals surface area contributed by atoms with Gasteiger partial charge in [-0.15, -0.1) is 0 Å². The van der Waals surface area contributed by atoms with E-state index in [9.17, 15) is 13.2 Å². The van der Waals surface area contributed by atoms with Crippen LogP contribution in [-0.4, -0.2) is 30.4 Å². The Labute approximate surface area is 81.0 Å². The maximum atomic E-state index is 11.6. The van der Waals surface area contributed by atoms with E-state index in [4.69, 9.17) is 0 Å². The van der Waals surface area contributed by atoms with Crippen LogP contribution in [0.5, 0.6) is 0 Å². The van der Waals surface area contributed by atoms with Crippen molar-refractivity contribution in [1.82, 2.24) is 0 Å². The summed E-state index contributed by atoms with van der Waals surface area (Å²) in [5, 5.41) is 0.373. The third-order valence-electron chi connectivity index (χ3n) is 1.39. The van der Waals surface area contributed by atoms with Crippen LogP contribution in [0.3, 0.4) is 0 Å². The highest BCUT2D eigenvalue weighted by Gasteiger charge is 2.27. The smallest absolute Gasteiger partial charge is 0.372 e. The highest BCUT2D eigenvalue weighted by atomic mass is 32.2. The molecule has 0 aliphatic rings. The summed E-state index contributed by atoms with van der Waals surface area (Å²) in [6.45, 7) is 3.08. The van der Waals surface area contributed by atoms with Crippen LogP contribution in [0.25, 0.3) is 0 Å². The zero-order chi connectivity index (χ0) is 10.3. The molecule has 0 saturated heterocycles. The Bertz CT molecular complexity index is 127. The van der Waals surface area contributed by atoms with Crippen molar-refractivity contribution in [2.45, 2.75) is 31.7 Å². The topological polar surface area (TPSA) is 9.23 Å². The largest absolute Gasteiger partial charge is 0.411 e. The molecule has 0 N–H and O–H groups in total. The predicted molar refractivity (Wildman–Crippen MR) is 49.1 cm³/mol. The average Bonchev–Trinajstić information content (AvgIpc) is 1.97. The van der Waals surface area contributed by atoms with Gasteiger partial charge in [0.15, 0.2) is 0 Å². The SMILES string of the molecule is CCSC(C)CCOCC(F)(F)F. The molecule has 1 atom stereocenters. The van der Waals surface area contributed by atoms with Crippen molar-refractivity contribution in [3.8, 4) is 0 Å². The molecule has 13 heavy (non-hydrogen) atoms. The zero-order valence-electron chi connectivity index (χ0n) is 7.86. The van der Waals surface area contributed by atoms with Crippen LogP contribution in [0.1, 0.15) is 20.3 Å². The molecule has 0 aliphatic heterocycles. The molecule has 0 amide bonds. The first-order valence-corrected chi connectivity index (χ1v) is 5.26. The van der Waals surface area contributed by atoms with Crippen LogP contribution in [0.15, 0.2) is 0 Å². The lowest BCUT2D eigenvalue weighted by Gasteiger charge is -2.11. The number of alkyl halides is 3. The molecule has 1 unspecified atom stereocenters. The van der Waals surface area contributed by atoms with Gasteiger partial charge in [-0.1, -0.05) is 13.8 Å². The number of halogens is 3. The Morgan fingerprint density at radius 3 is 2.46 bits per heavy atom. The number of rotatable bonds is 6. The van der Waals surface area contributed by atoms with E-state index in [-0.39, 0.29) is 6.61 Å². The Hall–Kier alpha value is 0.100. The van der Waals surface area contributed by atoms with Gasteiger partial charge in [0.1, 0.15) is 6.61 Å². The van der Waals surface area contributed by atoms with Gasteiger partial charge >= 0.3 is 6.18 Å². The first kappa shape index (κ1) is 13.1. The van der Waals surface area contributed by atoms with Crippen LogP contribution in [0.4, 0.5) is 13.2 Å². The molecule has 0 radical (unpaired) electrons. The molecule has 0 aliphatic carbocycles. The van der Waals surface area contributed by atoms with E-state index in [2.05, 4.69) is 4.74 Å². The van der Waals surface area contributed by atoms with Gasteiger partial charge in [-0.3, -0.25) is 0 Å². The quantitative estimate of drug-likeness (QED) is 0.631. The van der Waals surface area contributed by atoms with E-state index in [1.165, 1.54) is 0 Å². The fourth-order valence-corrected chi connectivity index (χ4v) is 1.64. The van der Waals surface area contributed by atoms with Crippen molar-refractivity contribution < 1.29 is 17.9 Å². The van der Waals surface area contributed by atoms with Crippen molar-refractivity contribution >= 4 is 11.8 Å². The lowest BCUT2D eigenvalue weighted by Crippen LogP contribution is -2.18. The second-order valence-electron chi connectivity index (χ2n) is 2.72. The summed E-state index contributed by atoms with van der Waals surface area (Å²) in [6.07, 6.45) is -3.52. The van der Waals surface area contributed by atoms with Crippen molar-refractivity contribution in [2.24, 2.45) is 0 Å². The molecule has 0 aromatic heterocycles. The first-order chi connectivity index (χ1) is 5.95. The van der Waals surface area contributed by atoms with Crippen LogP contribution in [-0.2, 0) is 4.74 Å². The molecular formula is C8H15F3OS. The van der Waals surface area contributed by atoms with Crippen molar-refractivity contribution in [3.63, 3.8) is 0 Å². The summed E-state index contributed by atoms with van der Waals surface area (Å²) in [5.74, 6) is 0.987. The summed E-state index contributed by atoms with van der Waals surface area (Å²) < 4.78 is 39.3. The maximum Gasteiger partial charge on any atom is 0.411 e. The second kappa shape index (κ2) is 6.54. The standard InChI is InChI=1S/C8H15F3OS/c1-3-13-7(2)4-5-12-6-8(9,10)11/h7H,3-6H2,1-2H3. The van der Waals surface area contributed by atoms with E-state index in [1.807, 2.05) is 13.8 Å². The Balaban J connectivity index is 3.25. The Morgan fingerprint density at radius 1 is 1.38 bits per heavy atom. The molecule has 0 heterocycles. The number of hydrogen-bond acceptors (Lipinski definition) is 2. The van der Waals surface area contributed by atoms with Crippen LogP contribution in [0, 0.1) is 0 Å². The van der Waals surface area contributed by atoms with Gasteiger partial charge < -0.3 is 4.74 Å². The van der Waals surface area contributed by atoms with E-state index in [0.717, 1.165) is 5.75 Å². The Morgan fingerprint density at radius 2 is 2.00 bits per heavy atom. The highest BCUT2D eigenvalue weighted by molar-refractivity contribution is 7.99. The van der Waals surface area contributed by atoms with Crippen molar-refractivity contribution in [3.05, 3.63) is 0 Å². The van der Waals surface area contributed by atoms with Gasteiger partial charge in [0, 0.05) is 11.9 Å². The second-order valence-corrected chi connectivity index (χ2v) is 4.44. The first-order valence-electron chi connectivity index (χ1n) is 4.21. The van der Waals surface area contributed by atoms with E-state index in [0.29, 0.717) is 11.7 Å². The summed E-state index contributed by atoms with van der Waals surface area (Å²) in [4.78, 5) is 0. The third-order valence-corrected chi connectivity index (χ3v) is 2.52. The van der Waals surface area contributed by atoms with Crippen LogP contribution >= 0.6 is 11.8 Å². The summed E-state index contributed by atoms with van der Waals surface area (Å²) in [7, 11) is 0. The number of hydrogen-bond donors (Lipinski definition) is 0. The molecule has 0 bridgehead atoms. The molecule has 0 aromatic rings. The van der Waals surface area contributed by atoms with Crippen molar-refractivity contribution in [2.75, 3.05) is 19.0 Å². The van der Waals surface area contributed by atoms with E-state index < -0.39 is 12.8 Å². The van der Waals surface area contributed by atoms with Gasteiger partial charge in [-0.05, 0) is 12.2 Å². The zero-order valence-corrected chi connectivity index (χ0v) is 8.67. The van der Waals surface area contributed by atoms with Gasteiger partial charge in [-0.25, -0.2) is 0 Å². The van der Waals surface area contributed by atoms with Gasteiger partial charge in [0.05, 0.1) is 0 Å². The molecule has 0 spiro atoms. The Kier molecular flexibility index (Phi) is 6.59. The molecule has 0 rings (SSSR count). The summed E-state index contributed by atoms with van der Waals surface area (Å²) >= 11 is 1.73. The normalized spacial score (nSPS) is 14.5. The molecule has 80 valence electrons. The highest BCUT2D eigenvalue weighted by Crippen LogP contribution is 2.16. The number of thioether (sulfide) groups is 1. The third kappa shape index (κ3) is 10.0. The minimum atomic E-state index is -4.19. The molecule has 0 saturated carbocycles. The number of ether oxygens (including phenoxy) is 1. The summed E-state index contributed by atoms with van der Waals surface area (Å²) in [5.41, 5.74) is 0.